The molecular weight excluding hydrogens is 251 g/mol. The van der Waals surface area contributed by atoms with Gasteiger partial charge in [0.1, 0.15) is 0 Å². The van der Waals surface area contributed by atoms with Crippen molar-refractivity contribution in [3.8, 4) is 0 Å². The van der Waals surface area contributed by atoms with E-state index in [-0.39, 0.29) is 16.9 Å². The van der Waals surface area contributed by atoms with E-state index in [1.54, 1.807) is 0 Å². The predicted octanol–water partition coefficient (Wildman–Crippen LogP) is 4.57. The molecule has 4 heteroatoms. The van der Waals surface area contributed by atoms with E-state index in [0.29, 0.717) is 6.42 Å². The molecule has 1 aromatic carbocycles. The first-order valence-corrected chi connectivity index (χ1v) is 6.51. The maximum absolute atomic E-state index is 13.6. The second-order valence-corrected chi connectivity index (χ2v) is 6.48. The van der Waals surface area contributed by atoms with Crippen LogP contribution < -0.4 is 5.73 Å². The molecule has 108 valence electrons. The number of halogens is 3. The smallest absolute Gasteiger partial charge is 0.194 e. The van der Waals surface area contributed by atoms with Crippen LogP contribution in [0.3, 0.4) is 0 Å². The quantitative estimate of drug-likeness (QED) is 0.799. The fourth-order valence-corrected chi connectivity index (χ4v) is 2.52. The van der Waals surface area contributed by atoms with Gasteiger partial charge in [0, 0.05) is 11.6 Å². The van der Waals surface area contributed by atoms with Crippen molar-refractivity contribution in [2.45, 2.75) is 46.6 Å². The van der Waals surface area contributed by atoms with Gasteiger partial charge in [0.15, 0.2) is 17.5 Å². The Bertz CT molecular complexity index is 438. The average Bonchev–Trinajstić information content (AvgIpc) is 2.23. The average molecular weight is 273 g/mol. The predicted molar refractivity (Wildman–Crippen MR) is 71.1 cm³/mol. The molecule has 1 rings (SSSR count). The molecule has 0 fully saturated rings. The van der Waals surface area contributed by atoms with Crippen molar-refractivity contribution in [1.29, 1.82) is 0 Å². The SMILES string of the molecule is CC(CC(N)c1ccc(F)c(F)c1F)CC(C)(C)C. The highest BCUT2D eigenvalue weighted by atomic mass is 19.2. The molecule has 1 aromatic rings. The molecule has 0 spiro atoms. The van der Waals surface area contributed by atoms with Gasteiger partial charge in [-0.05, 0) is 30.2 Å². The molecule has 0 saturated heterocycles. The number of benzene rings is 1. The van der Waals surface area contributed by atoms with Crippen LogP contribution >= 0.6 is 0 Å². The molecular formula is C15H22F3N. The molecule has 2 N–H and O–H groups in total. The van der Waals surface area contributed by atoms with Gasteiger partial charge < -0.3 is 5.73 Å². The summed E-state index contributed by atoms with van der Waals surface area (Å²) in [7, 11) is 0. The van der Waals surface area contributed by atoms with Crippen molar-refractivity contribution in [2.75, 3.05) is 0 Å². The van der Waals surface area contributed by atoms with Gasteiger partial charge in [-0.25, -0.2) is 13.2 Å². The van der Waals surface area contributed by atoms with E-state index in [9.17, 15) is 13.2 Å². The lowest BCUT2D eigenvalue weighted by atomic mass is 9.82. The molecule has 19 heavy (non-hydrogen) atoms. The molecule has 0 amide bonds. The van der Waals surface area contributed by atoms with E-state index < -0.39 is 23.5 Å². The van der Waals surface area contributed by atoms with Crippen LogP contribution in [-0.2, 0) is 0 Å². The Balaban J connectivity index is 2.79. The summed E-state index contributed by atoms with van der Waals surface area (Å²) in [5, 5.41) is 0. The maximum atomic E-state index is 13.6. The normalized spacial score (nSPS) is 15.4. The summed E-state index contributed by atoms with van der Waals surface area (Å²) in [5.74, 6) is -3.52. The molecule has 0 aliphatic heterocycles. The van der Waals surface area contributed by atoms with E-state index in [1.165, 1.54) is 6.07 Å². The molecule has 0 radical (unpaired) electrons. The third kappa shape index (κ3) is 4.53. The van der Waals surface area contributed by atoms with Crippen LogP contribution in [0.4, 0.5) is 13.2 Å². The second kappa shape index (κ2) is 5.95. The van der Waals surface area contributed by atoms with Crippen LogP contribution in [0.15, 0.2) is 12.1 Å². The Morgan fingerprint density at radius 2 is 1.68 bits per heavy atom. The Morgan fingerprint density at radius 1 is 1.11 bits per heavy atom. The molecule has 0 heterocycles. The number of hydrogen-bond acceptors (Lipinski definition) is 1. The van der Waals surface area contributed by atoms with Gasteiger partial charge in [0.05, 0.1) is 0 Å². The van der Waals surface area contributed by atoms with Crippen molar-refractivity contribution < 1.29 is 13.2 Å². The lowest BCUT2D eigenvalue weighted by molar-refractivity contribution is 0.284. The van der Waals surface area contributed by atoms with Gasteiger partial charge in [-0.3, -0.25) is 0 Å². The summed E-state index contributed by atoms with van der Waals surface area (Å²) in [6.45, 7) is 8.39. The van der Waals surface area contributed by atoms with E-state index in [4.69, 9.17) is 5.73 Å². The minimum atomic E-state index is -1.45. The Kier molecular flexibility index (Phi) is 5.02. The van der Waals surface area contributed by atoms with Crippen LogP contribution in [-0.4, -0.2) is 0 Å². The highest BCUT2D eigenvalue weighted by Crippen LogP contribution is 2.30. The number of rotatable bonds is 4. The van der Waals surface area contributed by atoms with Crippen molar-refractivity contribution in [3.63, 3.8) is 0 Å². The highest BCUT2D eigenvalue weighted by Gasteiger charge is 2.22. The third-order valence-electron chi connectivity index (χ3n) is 3.08. The monoisotopic (exact) mass is 273 g/mol. The first kappa shape index (κ1) is 16.0. The lowest BCUT2D eigenvalue weighted by Crippen LogP contribution is -2.19. The molecule has 2 unspecified atom stereocenters. The maximum Gasteiger partial charge on any atom is 0.194 e. The third-order valence-corrected chi connectivity index (χ3v) is 3.08. The second-order valence-electron chi connectivity index (χ2n) is 6.48. The zero-order valence-corrected chi connectivity index (χ0v) is 11.9. The summed E-state index contributed by atoms with van der Waals surface area (Å²) >= 11 is 0. The fraction of sp³-hybridized carbons (Fsp3) is 0.600. The molecule has 0 saturated carbocycles. The van der Waals surface area contributed by atoms with Crippen LogP contribution in [0.5, 0.6) is 0 Å². The minimum Gasteiger partial charge on any atom is -0.324 e. The summed E-state index contributed by atoms with van der Waals surface area (Å²) in [5.41, 5.74) is 6.11. The van der Waals surface area contributed by atoms with Gasteiger partial charge >= 0.3 is 0 Å². The minimum absolute atomic E-state index is 0.0414. The van der Waals surface area contributed by atoms with Gasteiger partial charge in [0.2, 0.25) is 0 Å². The Morgan fingerprint density at radius 3 is 2.21 bits per heavy atom. The summed E-state index contributed by atoms with van der Waals surface area (Å²) in [4.78, 5) is 0. The first-order valence-electron chi connectivity index (χ1n) is 6.51. The van der Waals surface area contributed by atoms with E-state index in [1.807, 2.05) is 6.92 Å². The van der Waals surface area contributed by atoms with Gasteiger partial charge in [-0.1, -0.05) is 33.8 Å². The van der Waals surface area contributed by atoms with Crippen LogP contribution in [0.2, 0.25) is 0 Å². The molecule has 0 aromatic heterocycles. The molecule has 0 aliphatic carbocycles. The zero-order chi connectivity index (χ0) is 14.8. The van der Waals surface area contributed by atoms with Crippen LogP contribution in [0, 0.1) is 28.8 Å². The largest absolute Gasteiger partial charge is 0.324 e. The van der Waals surface area contributed by atoms with Crippen molar-refractivity contribution in [3.05, 3.63) is 35.1 Å². The van der Waals surface area contributed by atoms with E-state index in [2.05, 4.69) is 20.8 Å². The van der Waals surface area contributed by atoms with Crippen molar-refractivity contribution in [1.82, 2.24) is 0 Å². The molecule has 0 bridgehead atoms. The summed E-state index contributed by atoms with van der Waals surface area (Å²) in [6, 6.07) is 1.53. The Hall–Kier alpha value is -1.03. The van der Waals surface area contributed by atoms with E-state index in [0.717, 1.165) is 12.5 Å². The summed E-state index contributed by atoms with van der Waals surface area (Å²) < 4.78 is 39.6. The highest BCUT2D eigenvalue weighted by molar-refractivity contribution is 5.23. The van der Waals surface area contributed by atoms with Crippen molar-refractivity contribution >= 4 is 0 Å². The van der Waals surface area contributed by atoms with E-state index >= 15 is 0 Å². The summed E-state index contributed by atoms with van der Waals surface area (Å²) in [6.07, 6.45) is 1.48. The molecule has 1 nitrogen and oxygen atoms in total. The topological polar surface area (TPSA) is 26.0 Å². The van der Waals surface area contributed by atoms with Gasteiger partial charge in [0.25, 0.3) is 0 Å². The fourth-order valence-electron chi connectivity index (χ4n) is 2.52. The standard InChI is InChI=1S/C15H22F3N/c1-9(8-15(2,3)4)7-12(19)10-5-6-11(16)14(18)13(10)17/h5-6,9,12H,7-8,19H2,1-4H3. The first-order chi connectivity index (χ1) is 8.61. The Labute approximate surface area is 113 Å². The zero-order valence-electron chi connectivity index (χ0n) is 11.9. The van der Waals surface area contributed by atoms with Crippen molar-refractivity contribution in [2.24, 2.45) is 17.1 Å². The van der Waals surface area contributed by atoms with Gasteiger partial charge in [-0.2, -0.15) is 0 Å². The van der Waals surface area contributed by atoms with Crippen LogP contribution in [0.25, 0.3) is 0 Å². The molecule has 0 aliphatic rings. The van der Waals surface area contributed by atoms with Gasteiger partial charge in [-0.15, -0.1) is 0 Å². The number of nitrogens with two attached hydrogens (primary N) is 1. The number of hydrogen-bond donors (Lipinski definition) is 1. The lowest BCUT2D eigenvalue weighted by Gasteiger charge is -2.25. The van der Waals surface area contributed by atoms with Crippen LogP contribution in [0.1, 0.15) is 52.1 Å². The molecule has 2 atom stereocenters.